The summed E-state index contributed by atoms with van der Waals surface area (Å²) >= 11 is 0. The van der Waals surface area contributed by atoms with Gasteiger partial charge in [0.15, 0.2) is 5.82 Å². The van der Waals surface area contributed by atoms with E-state index in [-0.39, 0.29) is 5.41 Å². The first-order chi connectivity index (χ1) is 25.0. The van der Waals surface area contributed by atoms with Gasteiger partial charge in [0.25, 0.3) is 0 Å². The van der Waals surface area contributed by atoms with Gasteiger partial charge in [-0.1, -0.05) is 147 Å². The normalized spacial score (nSPS) is 12.7. The van der Waals surface area contributed by atoms with Gasteiger partial charge in [0, 0.05) is 34.5 Å². The monoisotopic (exact) mass is 653 g/mol. The predicted octanol–water partition coefficient (Wildman–Crippen LogP) is 12.2. The van der Waals surface area contributed by atoms with Gasteiger partial charge in [-0.15, -0.1) is 0 Å². The van der Waals surface area contributed by atoms with Gasteiger partial charge < -0.3 is 0 Å². The van der Waals surface area contributed by atoms with Crippen LogP contribution in [0, 0.1) is 0 Å². The molecule has 0 atom stereocenters. The zero-order valence-electron chi connectivity index (χ0n) is 28.6. The van der Waals surface area contributed by atoms with Crippen molar-refractivity contribution in [3.8, 4) is 78.4 Å². The van der Waals surface area contributed by atoms with Crippen molar-refractivity contribution in [2.75, 3.05) is 0 Å². The molecule has 6 aromatic carbocycles. The van der Waals surface area contributed by atoms with Crippen LogP contribution in [0.1, 0.15) is 25.0 Å². The number of rotatable bonds is 6. The van der Waals surface area contributed by atoms with Gasteiger partial charge >= 0.3 is 0 Å². The maximum absolute atomic E-state index is 5.17. The van der Waals surface area contributed by atoms with Crippen molar-refractivity contribution in [3.63, 3.8) is 0 Å². The molecule has 0 radical (unpaired) electrons. The number of benzene rings is 6. The Morgan fingerprint density at radius 3 is 1.55 bits per heavy atom. The molecule has 2 aromatic heterocycles. The zero-order chi connectivity index (χ0) is 34.4. The highest BCUT2D eigenvalue weighted by atomic mass is 14.9. The molecule has 9 rings (SSSR count). The minimum absolute atomic E-state index is 0.0377. The molecule has 0 amide bonds. The van der Waals surface area contributed by atoms with E-state index in [9.17, 15) is 0 Å². The van der Waals surface area contributed by atoms with Crippen molar-refractivity contribution >= 4 is 0 Å². The molecule has 8 aromatic rings. The summed E-state index contributed by atoms with van der Waals surface area (Å²) in [6.45, 7) is 4.66. The summed E-state index contributed by atoms with van der Waals surface area (Å²) in [5, 5.41) is 0. The number of hydrogen-bond acceptors (Lipinski definition) is 3. The number of pyridine rings is 1. The Morgan fingerprint density at radius 1 is 0.353 bits per heavy atom. The Labute approximate surface area is 299 Å². The van der Waals surface area contributed by atoms with Crippen LogP contribution in [-0.4, -0.2) is 15.0 Å². The average molecular weight is 654 g/mol. The van der Waals surface area contributed by atoms with Crippen LogP contribution in [0.4, 0.5) is 0 Å². The lowest BCUT2D eigenvalue weighted by molar-refractivity contribution is 0.660. The minimum Gasteiger partial charge on any atom is -0.265 e. The third kappa shape index (κ3) is 5.63. The molecule has 1 aliphatic rings. The summed E-state index contributed by atoms with van der Waals surface area (Å²) in [5.74, 6) is 0.697. The van der Waals surface area contributed by atoms with Crippen LogP contribution in [0.3, 0.4) is 0 Å². The molecule has 0 spiro atoms. The molecule has 1 aliphatic carbocycles. The summed E-state index contributed by atoms with van der Waals surface area (Å²) in [5.41, 5.74) is 17.2. The molecule has 3 nitrogen and oxygen atoms in total. The van der Waals surface area contributed by atoms with Gasteiger partial charge in [-0.05, 0) is 86.0 Å². The maximum atomic E-state index is 5.17. The highest BCUT2D eigenvalue weighted by Gasteiger charge is 2.35. The highest BCUT2D eigenvalue weighted by molar-refractivity contribution is 5.84. The van der Waals surface area contributed by atoms with Crippen molar-refractivity contribution in [1.29, 1.82) is 0 Å². The number of nitrogens with zero attached hydrogens (tertiary/aromatic N) is 3. The number of hydrogen-bond donors (Lipinski definition) is 0. The first-order valence-corrected chi connectivity index (χ1v) is 17.4. The largest absolute Gasteiger partial charge is 0.265 e. The first kappa shape index (κ1) is 30.6. The van der Waals surface area contributed by atoms with Crippen LogP contribution in [0.15, 0.2) is 176 Å². The summed E-state index contributed by atoms with van der Waals surface area (Å²) in [7, 11) is 0. The lowest BCUT2D eigenvalue weighted by atomic mass is 9.81. The molecule has 51 heavy (non-hydrogen) atoms. The Balaban J connectivity index is 1.10. The lowest BCUT2D eigenvalue weighted by Gasteiger charge is -2.22. The average Bonchev–Trinajstić information content (AvgIpc) is 3.44. The Hall–Kier alpha value is -6.45. The topological polar surface area (TPSA) is 38.7 Å². The SMILES string of the molecule is CC1(C)c2ccccc2-c2ccc(-c3ccc(-c4cc(-c5ccc(-c6ccncc6)cc5)nc(-c5cccc(-c6ccccc6)c5)n4)cc3)cc21. The summed E-state index contributed by atoms with van der Waals surface area (Å²) in [4.78, 5) is 14.5. The van der Waals surface area contributed by atoms with E-state index in [1.54, 1.807) is 0 Å². The second kappa shape index (κ2) is 12.5. The van der Waals surface area contributed by atoms with Crippen molar-refractivity contribution in [3.05, 3.63) is 187 Å². The van der Waals surface area contributed by atoms with Crippen molar-refractivity contribution in [2.45, 2.75) is 19.3 Å². The smallest absolute Gasteiger partial charge is 0.160 e. The van der Waals surface area contributed by atoms with Crippen molar-refractivity contribution < 1.29 is 0 Å². The second-order valence-corrected chi connectivity index (χ2v) is 13.7. The van der Waals surface area contributed by atoms with Gasteiger partial charge in [-0.3, -0.25) is 4.98 Å². The number of aromatic nitrogens is 3. The van der Waals surface area contributed by atoms with Gasteiger partial charge in [-0.25, -0.2) is 9.97 Å². The third-order valence-corrected chi connectivity index (χ3v) is 10.2. The van der Waals surface area contributed by atoms with Gasteiger partial charge in [0.2, 0.25) is 0 Å². The molecule has 0 N–H and O–H groups in total. The van der Waals surface area contributed by atoms with Crippen LogP contribution in [0.2, 0.25) is 0 Å². The summed E-state index contributed by atoms with van der Waals surface area (Å²) in [6, 6.07) is 58.2. The fourth-order valence-electron chi connectivity index (χ4n) is 7.44. The standard InChI is InChI=1S/C48H35N3/c1-48(2)43-14-7-6-13-41(43)42-24-23-39(30-44(42)48)34-17-21-37(22-18-34)46-31-45(36-19-15-33(16-20-36)35-25-27-49-28-26-35)50-47(51-46)40-12-8-11-38(29-40)32-9-4-3-5-10-32/h3-31H,1-2H3. The first-order valence-electron chi connectivity index (χ1n) is 17.4. The second-order valence-electron chi connectivity index (χ2n) is 13.7. The predicted molar refractivity (Wildman–Crippen MR) is 210 cm³/mol. The molecule has 0 fully saturated rings. The van der Waals surface area contributed by atoms with Crippen LogP contribution in [-0.2, 0) is 5.41 Å². The van der Waals surface area contributed by atoms with E-state index < -0.39 is 0 Å². The quantitative estimate of drug-likeness (QED) is 0.179. The molecule has 242 valence electrons. The molecule has 3 heteroatoms. The summed E-state index contributed by atoms with van der Waals surface area (Å²) < 4.78 is 0. The zero-order valence-corrected chi connectivity index (χ0v) is 28.6. The van der Waals surface area contributed by atoms with Crippen molar-refractivity contribution in [1.82, 2.24) is 15.0 Å². The van der Waals surface area contributed by atoms with Crippen LogP contribution in [0.5, 0.6) is 0 Å². The highest BCUT2D eigenvalue weighted by Crippen LogP contribution is 2.49. The van der Waals surface area contributed by atoms with E-state index in [1.165, 1.54) is 33.4 Å². The summed E-state index contributed by atoms with van der Waals surface area (Å²) in [6.07, 6.45) is 3.65. The Bertz CT molecular complexity index is 2520. The van der Waals surface area contributed by atoms with Gasteiger partial charge in [0.05, 0.1) is 11.4 Å². The van der Waals surface area contributed by atoms with E-state index >= 15 is 0 Å². The molecule has 0 aliphatic heterocycles. The van der Waals surface area contributed by atoms with E-state index in [4.69, 9.17) is 9.97 Å². The fourth-order valence-corrected chi connectivity index (χ4v) is 7.44. The Morgan fingerprint density at radius 2 is 0.843 bits per heavy atom. The molecular formula is C48H35N3. The molecule has 0 bridgehead atoms. The molecule has 0 saturated heterocycles. The molecule has 2 heterocycles. The van der Waals surface area contributed by atoms with Gasteiger partial charge in [0.1, 0.15) is 0 Å². The fraction of sp³-hybridized carbons (Fsp3) is 0.0625. The van der Waals surface area contributed by atoms with E-state index in [0.717, 1.165) is 50.3 Å². The third-order valence-electron chi connectivity index (χ3n) is 10.2. The minimum atomic E-state index is -0.0377. The van der Waals surface area contributed by atoms with E-state index in [0.29, 0.717) is 5.82 Å². The van der Waals surface area contributed by atoms with E-state index in [2.05, 4.69) is 164 Å². The van der Waals surface area contributed by atoms with Crippen LogP contribution >= 0.6 is 0 Å². The Kier molecular flexibility index (Phi) is 7.48. The molecule has 0 unspecified atom stereocenters. The maximum Gasteiger partial charge on any atom is 0.160 e. The number of fused-ring (bicyclic) bond motifs is 3. The lowest BCUT2D eigenvalue weighted by Crippen LogP contribution is -2.14. The van der Waals surface area contributed by atoms with Gasteiger partial charge in [-0.2, -0.15) is 0 Å². The van der Waals surface area contributed by atoms with Crippen LogP contribution in [0.25, 0.3) is 78.4 Å². The van der Waals surface area contributed by atoms with Crippen LogP contribution < -0.4 is 0 Å². The van der Waals surface area contributed by atoms with Crippen molar-refractivity contribution in [2.24, 2.45) is 0 Å². The molecular weight excluding hydrogens is 619 g/mol. The van der Waals surface area contributed by atoms with E-state index in [1.807, 2.05) is 30.6 Å². The molecule has 0 saturated carbocycles.